The van der Waals surface area contributed by atoms with Crippen molar-refractivity contribution in [3.8, 4) is 5.75 Å². The van der Waals surface area contributed by atoms with E-state index in [1.807, 2.05) is 6.92 Å². The first-order chi connectivity index (χ1) is 8.09. The highest BCUT2D eigenvalue weighted by Gasteiger charge is 2.38. The summed E-state index contributed by atoms with van der Waals surface area (Å²) in [5.74, 6) is 0.997. The van der Waals surface area contributed by atoms with E-state index in [0.29, 0.717) is 6.04 Å². The summed E-state index contributed by atoms with van der Waals surface area (Å²) in [7, 11) is 0. The fourth-order valence-electron chi connectivity index (χ4n) is 2.83. The number of hydrogen-bond acceptors (Lipinski definition) is 2. The monoisotopic (exact) mass is 233 g/mol. The molecule has 1 aliphatic carbocycles. The molecule has 1 aromatic carbocycles. The minimum Gasteiger partial charge on any atom is -0.494 e. The molecule has 1 unspecified atom stereocenters. The Balaban J connectivity index is 2.31. The fourth-order valence-corrected chi connectivity index (χ4v) is 2.83. The van der Waals surface area contributed by atoms with Gasteiger partial charge in [-0.2, -0.15) is 0 Å². The summed E-state index contributed by atoms with van der Waals surface area (Å²) in [4.78, 5) is 0. The minimum absolute atomic E-state index is 0.193. The summed E-state index contributed by atoms with van der Waals surface area (Å²) in [5.41, 5.74) is 3.09. The summed E-state index contributed by atoms with van der Waals surface area (Å²) in [5, 5.41) is 3.59. The van der Waals surface area contributed by atoms with Crippen molar-refractivity contribution in [2.75, 3.05) is 13.2 Å². The van der Waals surface area contributed by atoms with Crippen LogP contribution in [0.2, 0.25) is 0 Å². The van der Waals surface area contributed by atoms with Gasteiger partial charge < -0.3 is 10.1 Å². The molecule has 2 heteroatoms. The zero-order valence-electron chi connectivity index (χ0n) is 11.3. The topological polar surface area (TPSA) is 21.3 Å². The van der Waals surface area contributed by atoms with Crippen molar-refractivity contribution in [3.63, 3.8) is 0 Å². The maximum Gasteiger partial charge on any atom is 0.119 e. The molecule has 0 heterocycles. The van der Waals surface area contributed by atoms with E-state index in [-0.39, 0.29) is 5.41 Å². The van der Waals surface area contributed by atoms with E-state index in [0.717, 1.165) is 25.3 Å². The molecule has 0 saturated heterocycles. The number of hydrogen-bond donors (Lipinski definition) is 1. The molecule has 0 bridgehead atoms. The predicted molar refractivity (Wildman–Crippen MR) is 71.8 cm³/mol. The number of ether oxygens (including phenoxy) is 1. The SMILES string of the molecule is CCNC1Cc2ccc(OCC)cc2C1(C)C. The second kappa shape index (κ2) is 4.69. The number of likely N-dealkylation sites (N-methyl/N-ethyl adjacent to an activating group) is 1. The fraction of sp³-hybridized carbons (Fsp3) is 0.600. The van der Waals surface area contributed by atoms with Crippen LogP contribution in [0.1, 0.15) is 38.8 Å². The Bertz CT molecular complexity index is 398. The van der Waals surface area contributed by atoms with E-state index in [9.17, 15) is 0 Å². The lowest BCUT2D eigenvalue weighted by atomic mass is 9.83. The summed E-state index contributed by atoms with van der Waals surface area (Å²) in [6.07, 6.45) is 1.13. The van der Waals surface area contributed by atoms with Crippen molar-refractivity contribution in [3.05, 3.63) is 29.3 Å². The Kier molecular flexibility index (Phi) is 3.43. The van der Waals surface area contributed by atoms with Gasteiger partial charge in [0.1, 0.15) is 5.75 Å². The van der Waals surface area contributed by atoms with E-state index in [2.05, 4.69) is 44.3 Å². The average molecular weight is 233 g/mol. The van der Waals surface area contributed by atoms with Crippen molar-refractivity contribution < 1.29 is 4.74 Å². The molecule has 0 saturated carbocycles. The van der Waals surface area contributed by atoms with Crippen molar-refractivity contribution in [1.29, 1.82) is 0 Å². The van der Waals surface area contributed by atoms with Crippen LogP contribution in [0.25, 0.3) is 0 Å². The molecular formula is C15H23NO. The molecule has 1 atom stereocenters. The van der Waals surface area contributed by atoms with Crippen molar-refractivity contribution in [2.45, 2.75) is 45.6 Å². The predicted octanol–water partition coefficient (Wildman–Crippen LogP) is 2.90. The van der Waals surface area contributed by atoms with Gasteiger partial charge in [0.15, 0.2) is 0 Å². The van der Waals surface area contributed by atoms with Gasteiger partial charge in [-0.15, -0.1) is 0 Å². The molecule has 0 spiro atoms. The van der Waals surface area contributed by atoms with Gasteiger partial charge >= 0.3 is 0 Å². The Hall–Kier alpha value is -1.02. The van der Waals surface area contributed by atoms with Crippen molar-refractivity contribution in [1.82, 2.24) is 5.32 Å². The molecule has 1 aromatic rings. The summed E-state index contributed by atoms with van der Waals surface area (Å²) in [6.45, 7) is 10.6. The first-order valence-electron chi connectivity index (χ1n) is 6.59. The molecular weight excluding hydrogens is 210 g/mol. The lowest BCUT2D eigenvalue weighted by molar-refractivity contribution is 0.337. The van der Waals surface area contributed by atoms with Crippen LogP contribution < -0.4 is 10.1 Å². The Morgan fingerprint density at radius 2 is 2.12 bits per heavy atom. The first-order valence-corrected chi connectivity index (χ1v) is 6.59. The largest absolute Gasteiger partial charge is 0.494 e. The smallest absolute Gasteiger partial charge is 0.119 e. The quantitative estimate of drug-likeness (QED) is 0.863. The molecule has 94 valence electrons. The molecule has 2 rings (SSSR count). The molecule has 1 aliphatic rings. The van der Waals surface area contributed by atoms with Gasteiger partial charge in [0.2, 0.25) is 0 Å². The summed E-state index contributed by atoms with van der Waals surface area (Å²) >= 11 is 0. The van der Waals surface area contributed by atoms with Crippen LogP contribution in [0, 0.1) is 0 Å². The Labute approximate surface area is 104 Å². The van der Waals surface area contributed by atoms with Crippen LogP contribution in [-0.2, 0) is 11.8 Å². The van der Waals surface area contributed by atoms with E-state index < -0.39 is 0 Å². The van der Waals surface area contributed by atoms with Gasteiger partial charge in [0, 0.05) is 11.5 Å². The van der Waals surface area contributed by atoms with Gasteiger partial charge in [-0.25, -0.2) is 0 Å². The van der Waals surface area contributed by atoms with Crippen LogP contribution in [0.5, 0.6) is 5.75 Å². The van der Waals surface area contributed by atoms with Crippen LogP contribution in [-0.4, -0.2) is 19.2 Å². The van der Waals surface area contributed by atoms with Crippen molar-refractivity contribution >= 4 is 0 Å². The third-order valence-corrected chi connectivity index (χ3v) is 3.83. The van der Waals surface area contributed by atoms with E-state index >= 15 is 0 Å². The molecule has 0 radical (unpaired) electrons. The highest BCUT2D eigenvalue weighted by atomic mass is 16.5. The van der Waals surface area contributed by atoms with Gasteiger partial charge in [-0.05, 0) is 43.1 Å². The zero-order valence-corrected chi connectivity index (χ0v) is 11.3. The maximum atomic E-state index is 5.60. The standard InChI is InChI=1S/C15H23NO/c1-5-16-14-9-11-7-8-12(17-6-2)10-13(11)15(14,3)4/h7-8,10,14,16H,5-6,9H2,1-4H3. The summed E-state index contributed by atoms with van der Waals surface area (Å²) < 4.78 is 5.60. The maximum absolute atomic E-state index is 5.60. The molecule has 17 heavy (non-hydrogen) atoms. The first kappa shape index (κ1) is 12.4. The third-order valence-electron chi connectivity index (χ3n) is 3.83. The van der Waals surface area contributed by atoms with E-state index in [1.165, 1.54) is 11.1 Å². The van der Waals surface area contributed by atoms with Crippen LogP contribution >= 0.6 is 0 Å². The molecule has 2 nitrogen and oxygen atoms in total. The van der Waals surface area contributed by atoms with Crippen molar-refractivity contribution in [2.24, 2.45) is 0 Å². The number of benzene rings is 1. The van der Waals surface area contributed by atoms with Gasteiger partial charge in [0.25, 0.3) is 0 Å². The lowest BCUT2D eigenvalue weighted by Crippen LogP contribution is -2.41. The van der Waals surface area contributed by atoms with E-state index in [1.54, 1.807) is 0 Å². The number of fused-ring (bicyclic) bond motifs is 1. The second-order valence-electron chi connectivity index (χ2n) is 5.29. The third kappa shape index (κ3) is 2.19. The highest BCUT2D eigenvalue weighted by Crippen LogP contribution is 2.40. The Morgan fingerprint density at radius 1 is 1.35 bits per heavy atom. The molecule has 0 fully saturated rings. The lowest BCUT2D eigenvalue weighted by Gasteiger charge is -2.29. The normalized spacial score (nSPS) is 21.3. The molecule has 1 N–H and O–H groups in total. The molecule has 0 aliphatic heterocycles. The number of rotatable bonds is 4. The average Bonchev–Trinajstić information content (AvgIpc) is 2.53. The Morgan fingerprint density at radius 3 is 2.76 bits per heavy atom. The molecule has 0 aromatic heterocycles. The summed E-state index contributed by atoms with van der Waals surface area (Å²) in [6, 6.07) is 7.07. The highest BCUT2D eigenvalue weighted by molar-refractivity contribution is 5.45. The number of nitrogens with one attached hydrogen (secondary N) is 1. The minimum atomic E-state index is 0.193. The van der Waals surface area contributed by atoms with Gasteiger partial charge in [-0.3, -0.25) is 0 Å². The van der Waals surface area contributed by atoms with Crippen LogP contribution in [0.3, 0.4) is 0 Å². The van der Waals surface area contributed by atoms with E-state index in [4.69, 9.17) is 4.74 Å². The van der Waals surface area contributed by atoms with Gasteiger partial charge in [0.05, 0.1) is 6.61 Å². The van der Waals surface area contributed by atoms with Crippen LogP contribution in [0.4, 0.5) is 0 Å². The van der Waals surface area contributed by atoms with Gasteiger partial charge in [-0.1, -0.05) is 26.8 Å². The second-order valence-corrected chi connectivity index (χ2v) is 5.29. The van der Waals surface area contributed by atoms with Crippen LogP contribution in [0.15, 0.2) is 18.2 Å². The molecule has 0 amide bonds. The zero-order chi connectivity index (χ0) is 12.5.